The van der Waals surface area contributed by atoms with Gasteiger partial charge in [-0.3, -0.25) is 0 Å². The van der Waals surface area contributed by atoms with Gasteiger partial charge in [0.2, 0.25) is 0 Å². The Bertz CT molecular complexity index is 618. The second-order valence-electron chi connectivity index (χ2n) is 5.09. The Labute approximate surface area is 123 Å². The number of aryl methyl sites for hydroxylation is 2. The zero-order chi connectivity index (χ0) is 15.4. The summed E-state index contributed by atoms with van der Waals surface area (Å²) >= 11 is 0. The van der Waals surface area contributed by atoms with Crippen molar-refractivity contribution in [3.05, 3.63) is 64.2 Å². The van der Waals surface area contributed by atoms with Gasteiger partial charge in [0.05, 0.1) is 0 Å². The zero-order valence-corrected chi connectivity index (χ0v) is 12.5. The summed E-state index contributed by atoms with van der Waals surface area (Å²) in [5.41, 5.74) is 3.35. The lowest BCUT2D eigenvalue weighted by Gasteiger charge is -2.14. The molecule has 0 saturated carbocycles. The molecule has 0 saturated heterocycles. The molecule has 2 rings (SSSR count). The van der Waals surface area contributed by atoms with Crippen molar-refractivity contribution in [2.24, 2.45) is 0 Å². The number of rotatable bonds is 5. The van der Waals surface area contributed by atoms with Crippen LogP contribution >= 0.6 is 0 Å². The number of halogens is 2. The predicted molar refractivity (Wildman–Crippen MR) is 79.4 cm³/mol. The Morgan fingerprint density at radius 1 is 1.10 bits per heavy atom. The van der Waals surface area contributed by atoms with Crippen LogP contribution in [0.1, 0.15) is 22.3 Å². The van der Waals surface area contributed by atoms with Crippen molar-refractivity contribution in [2.75, 3.05) is 7.05 Å². The van der Waals surface area contributed by atoms with Gasteiger partial charge in [-0.05, 0) is 43.7 Å². The van der Waals surface area contributed by atoms with Crippen LogP contribution in [0.2, 0.25) is 0 Å². The molecule has 0 bridgehead atoms. The third-order valence-electron chi connectivity index (χ3n) is 3.30. The smallest absolute Gasteiger partial charge is 0.165 e. The normalized spacial score (nSPS) is 10.7. The van der Waals surface area contributed by atoms with Gasteiger partial charge in [-0.1, -0.05) is 24.3 Å². The Balaban J connectivity index is 2.18. The maximum Gasteiger partial charge on any atom is 0.165 e. The minimum absolute atomic E-state index is 0.0106. The van der Waals surface area contributed by atoms with Gasteiger partial charge in [0.1, 0.15) is 12.4 Å². The summed E-state index contributed by atoms with van der Waals surface area (Å²) in [6, 6.07) is 8.16. The minimum Gasteiger partial charge on any atom is -0.488 e. The van der Waals surface area contributed by atoms with Crippen LogP contribution in [0.15, 0.2) is 30.3 Å². The quantitative estimate of drug-likeness (QED) is 0.902. The minimum atomic E-state index is -0.853. The summed E-state index contributed by atoms with van der Waals surface area (Å²) in [7, 11) is 1.89. The molecular weight excluding hydrogens is 272 g/mol. The molecule has 0 aliphatic carbocycles. The van der Waals surface area contributed by atoms with Crippen molar-refractivity contribution >= 4 is 0 Å². The van der Waals surface area contributed by atoms with E-state index in [9.17, 15) is 8.78 Å². The molecule has 1 N–H and O–H groups in total. The van der Waals surface area contributed by atoms with Gasteiger partial charge in [-0.25, -0.2) is 8.78 Å². The largest absolute Gasteiger partial charge is 0.488 e. The second-order valence-corrected chi connectivity index (χ2v) is 5.09. The SMILES string of the molecule is CNCc1cc(C)c(OCc2cccc(F)c2F)c(C)c1. The maximum atomic E-state index is 13.6. The number of nitrogens with one attached hydrogen (secondary N) is 1. The number of hydrogen-bond donors (Lipinski definition) is 1. The first-order chi connectivity index (χ1) is 10.0. The van der Waals surface area contributed by atoms with Gasteiger partial charge >= 0.3 is 0 Å². The van der Waals surface area contributed by atoms with E-state index in [-0.39, 0.29) is 12.2 Å². The van der Waals surface area contributed by atoms with Crippen molar-refractivity contribution in [1.29, 1.82) is 0 Å². The molecule has 112 valence electrons. The molecule has 2 aromatic carbocycles. The van der Waals surface area contributed by atoms with Gasteiger partial charge in [0, 0.05) is 12.1 Å². The Morgan fingerprint density at radius 3 is 2.38 bits per heavy atom. The molecule has 0 radical (unpaired) electrons. The molecule has 0 amide bonds. The third-order valence-corrected chi connectivity index (χ3v) is 3.30. The number of ether oxygens (including phenoxy) is 1. The van der Waals surface area contributed by atoms with Crippen LogP contribution in [0.4, 0.5) is 8.78 Å². The third kappa shape index (κ3) is 3.58. The zero-order valence-electron chi connectivity index (χ0n) is 12.5. The summed E-state index contributed by atoms with van der Waals surface area (Å²) < 4.78 is 32.5. The summed E-state index contributed by atoms with van der Waals surface area (Å²) in [6.45, 7) is 4.68. The molecule has 0 atom stereocenters. The topological polar surface area (TPSA) is 21.3 Å². The van der Waals surface area contributed by atoms with Crippen molar-refractivity contribution < 1.29 is 13.5 Å². The molecular formula is C17H19F2NO. The molecule has 2 aromatic rings. The van der Waals surface area contributed by atoms with Crippen LogP contribution in [-0.4, -0.2) is 7.05 Å². The molecule has 0 spiro atoms. The van der Waals surface area contributed by atoms with Gasteiger partial charge < -0.3 is 10.1 Å². The van der Waals surface area contributed by atoms with Crippen molar-refractivity contribution in [1.82, 2.24) is 5.32 Å². The van der Waals surface area contributed by atoms with Crippen LogP contribution in [0.25, 0.3) is 0 Å². The Morgan fingerprint density at radius 2 is 1.76 bits per heavy atom. The van der Waals surface area contributed by atoms with E-state index in [4.69, 9.17) is 4.74 Å². The molecule has 0 aliphatic heterocycles. The standard InChI is InChI=1S/C17H19F2NO/c1-11-7-13(9-20-3)8-12(2)17(11)21-10-14-5-4-6-15(18)16(14)19/h4-8,20H,9-10H2,1-3H3. The average Bonchev–Trinajstić information content (AvgIpc) is 2.42. The maximum absolute atomic E-state index is 13.6. The van der Waals surface area contributed by atoms with Crippen molar-refractivity contribution in [3.63, 3.8) is 0 Å². The lowest BCUT2D eigenvalue weighted by atomic mass is 10.1. The van der Waals surface area contributed by atoms with Crippen molar-refractivity contribution in [2.45, 2.75) is 27.0 Å². The summed E-state index contributed by atoms with van der Waals surface area (Å²) in [4.78, 5) is 0. The van der Waals surface area contributed by atoms with E-state index < -0.39 is 11.6 Å². The molecule has 4 heteroatoms. The average molecular weight is 291 g/mol. The second kappa shape index (κ2) is 6.68. The number of hydrogen-bond acceptors (Lipinski definition) is 2. The van der Waals surface area contributed by atoms with E-state index in [0.29, 0.717) is 0 Å². The van der Waals surface area contributed by atoms with E-state index in [1.165, 1.54) is 12.1 Å². The van der Waals surface area contributed by atoms with E-state index in [2.05, 4.69) is 5.32 Å². The summed E-state index contributed by atoms with van der Waals surface area (Å²) in [5.74, 6) is -0.980. The first-order valence-corrected chi connectivity index (χ1v) is 6.83. The van der Waals surface area contributed by atoms with E-state index in [1.54, 1.807) is 0 Å². The van der Waals surface area contributed by atoms with Crippen molar-refractivity contribution in [3.8, 4) is 5.75 Å². The van der Waals surface area contributed by atoms with Crippen LogP contribution in [0.5, 0.6) is 5.75 Å². The fraction of sp³-hybridized carbons (Fsp3) is 0.294. The number of benzene rings is 2. The molecule has 21 heavy (non-hydrogen) atoms. The highest BCUT2D eigenvalue weighted by Gasteiger charge is 2.11. The van der Waals surface area contributed by atoms with E-state index >= 15 is 0 Å². The molecule has 0 aliphatic rings. The van der Waals surface area contributed by atoms with Gasteiger partial charge in [-0.15, -0.1) is 0 Å². The first-order valence-electron chi connectivity index (χ1n) is 6.83. The Kier molecular flexibility index (Phi) is 4.91. The van der Waals surface area contributed by atoms with Gasteiger partial charge in [0.25, 0.3) is 0 Å². The van der Waals surface area contributed by atoms with E-state index in [0.717, 1.165) is 35.1 Å². The fourth-order valence-electron chi connectivity index (χ4n) is 2.38. The van der Waals surface area contributed by atoms with Gasteiger partial charge in [0.15, 0.2) is 11.6 Å². The summed E-state index contributed by atoms with van der Waals surface area (Å²) in [5, 5.41) is 3.10. The molecule has 0 fully saturated rings. The monoisotopic (exact) mass is 291 g/mol. The highest BCUT2D eigenvalue weighted by Crippen LogP contribution is 2.26. The summed E-state index contributed by atoms with van der Waals surface area (Å²) in [6.07, 6.45) is 0. The predicted octanol–water partition coefficient (Wildman–Crippen LogP) is 3.88. The molecule has 0 heterocycles. The first kappa shape index (κ1) is 15.4. The van der Waals surface area contributed by atoms with Crippen LogP contribution in [0, 0.1) is 25.5 Å². The van der Waals surface area contributed by atoms with Crippen LogP contribution in [0.3, 0.4) is 0 Å². The highest BCUT2D eigenvalue weighted by molar-refractivity contribution is 5.43. The Hall–Kier alpha value is -1.94. The fourth-order valence-corrected chi connectivity index (χ4v) is 2.38. The lowest BCUT2D eigenvalue weighted by molar-refractivity contribution is 0.293. The molecule has 0 unspecified atom stereocenters. The van der Waals surface area contributed by atoms with E-state index in [1.807, 2.05) is 33.0 Å². The van der Waals surface area contributed by atoms with Crippen LogP contribution < -0.4 is 10.1 Å². The van der Waals surface area contributed by atoms with Gasteiger partial charge in [-0.2, -0.15) is 0 Å². The van der Waals surface area contributed by atoms with Crippen LogP contribution in [-0.2, 0) is 13.2 Å². The molecule has 0 aromatic heterocycles. The molecule has 2 nitrogen and oxygen atoms in total. The highest BCUT2D eigenvalue weighted by atomic mass is 19.2. The lowest BCUT2D eigenvalue weighted by Crippen LogP contribution is -2.07.